The number of aryl methyl sites for hydroxylation is 1. The maximum Gasteiger partial charge on any atom is 0.271 e. The molecule has 0 spiro atoms. The molecule has 0 unspecified atom stereocenters. The van der Waals surface area contributed by atoms with Gasteiger partial charge in [0, 0.05) is 28.3 Å². The number of benzene rings is 1. The van der Waals surface area contributed by atoms with Gasteiger partial charge in [0.2, 0.25) is 0 Å². The normalized spacial score (nSPS) is 10.5. The topological polar surface area (TPSA) is 105 Å². The first-order valence-corrected chi connectivity index (χ1v) is 9.58. The predicted molar refractivity (Wildman–Crippen MR) is 112 cm³/mol. The molecule has 2 heterocycles. The number of nitrogens with zero attached hydrogens (tertiary/aromatic N) is 2. The number of amides is 3. The van der Waals surface area contributed by atoms with Gasteiger partial charge in [0.15, 0.2) is 0 Å². The van der Waals surface area contributed by atoms with Crippen LogP contribution in [0, 0.1) is 19.7 Å². The lowest BCUT2D eigenvalue weighted by atomic mass is 10.2. The molecule has 0 saturated heterocycles. The van der Waals surface area contributed by atoms with Crippen LogP contribution in [0.1, 0.15) is 32.2 Å². The summed E-state index contributed by atoms with van der Waals surface area (Å²) in [4.78, 5) is 40.3. The molecule has 0 bridgehead atoms. The number of aromatic nitrogens is 2. The fraction of sp³-hybridized carbons (Fsp3) is 0.143. The van der Waals surface area contributed by atoms with Crippen LogP contribution in [0.2, 0.25) is 5.02 Å². The molecule has 0 radical (unpaired) electrons. The van der Waals surface area contributed by atoms with Gasteiger partial charge in [0.1, 0.15) is 11.5 Å². The SMILES string of the molecule is Cc1cc(C(=O)NNC(=O)CNC(=O)c2cc(Cl)ccn2)c(C)n1-c1ccc(F)cc1. The Bertz CT molecular complexity index is 1140. The van der Waals surface area contributed by atoms with Gasteiger partial charge in [0.25, 0.3) is 17.7 Å². The average Bonchev–Trinajstić information content (AvgIpc) is 3.05. The molecule has 31 heavy (non-hydrogen) atoms. The lowest BCUT2D eigenvalue weighted by molar-refractivity contribution is -0.120. The highest BCUT2D eigenvalue weighted by atomic mass is 35.5. The van der Waals surface area contributed by atoms with E-state index in [1.165, 1.54) is 30.5 Å². The Morgan fingerprint density at radius 1 is 1.03 bits per heavy atom. The Balaban J connectivity index is 1.58. The number of pyridine rings is 1. The summed E-state index contributed by atoms with van der Waals surface area (Å²) < 4.78 is 15.0. The van der Waals surface area contributed by atoms with Gasteiger partial charge in [-0.15, -0.1) is 0 Å². The average molecular weight is 444 g/mol. The van der Waals surface area contributed by atoms with E-state index in [0.29, 0.717) is 22.0 Å². The minimum Gasteiger partial charge on any atom is -0.342 e. The summed E-state index contributed by atoms with van der Waals surface area (Å²) in [7, 11) is 0. The molecule has 3 aromatic rings. The van der Waals surface area contributed by atoms with E-state index in [0.717, 1.165) is 5.69 Å². The summed E-state index contributed by atoms with van der Waals surface area (Å²) in [5, 5.41) is 2.72. The van der Waals surface area contributed by atoms with Crippen LogP contribution < -0.4 is 16.2 Å². The van der Waals surface area contributed by atoms with Crippen molar-refractivity contribution >= 4 is 29.3 Å². The van der Waals surface area contributed by atoms with Gasteiger partial charge in [-0.3, -0.25) is 30.2 Å². The number of hydrazine groups is 1. The highest BCUT2D eigenvalue weighted by Gasteiger charge is 2.17. The van der Waals surface area contributed by atoms with Crippen LogP contribution in [0.15, 0.2) is 48.7 Å². The minimum atomic E-state index is -0.629. The van der Waals surface area contributed by atoms with Gasteiger partial charge < -0.3 is 9.88 Å². The Labute approximate surface area is 182 Å². The quantitative estimate of drug-likeness (QED) is 0.527. The number of hydrogen-bond acceptors (Lipinski definition) is 4. The summed E-state index contributed by atoms with van der Waals surface area (Å²) in [6.45, 7) is 3.18. The van der Waals surface area contributed by atoms with Crippen molar-refractivity contribution in [2.45, 2.75) is 13.8 Å². The Kier molecular flexibility index (Phi) is 6.66. The molecular formula is C21H19ClFN5O3. The monoisotopic (exact) mass is 443 g/mol. The van der Waals surface area contributed by atoms with Crippen molar-refractivity contribution in [3.05, 3.63) is 82.1 Å². The first-order valence-electron chi connectivity index (χ1n) is 9.20. The van der Waals surface area contributed by atoms with Gasteiger partial charge in [0.05, 0.1) is 12.1 Å². The van der Waals surface area contributed by atoms with E-state index in [4.69, 9.17) is 11.6 Å². The Hall–Kier alpha value is -3.72. The molecule has 8 nitrogen and oxygen atoms in total. The molecule has 2 aromatic heterocycles. The molecule has 1 aromatic carbocycles. The molecule has 0 aliphatic heterocycles. The molecule has 160 valence electrons. The zero-order valence-electron chi connectivity index (χ0n) is 16.7. The zero-order valence-corrected chi connectivity index (χ0v) is 17.5. The van der Waals surface area contributed by atoms with Crippen molar-refractivity contribution < 1.29 is 18.8 Å². The third-order valence-electron chi connectivity index (χ3n) is 4.44. The molecule has 10 heteroatoms. The van der Waals surface area contributed by atoms with Crippen LogP contribution in [0.5, 0.6) is 0 Å². The third kappa shape index (κ3) is 5.26. The standard InChI is InChI=1S/C21H19ClFN5O3/c1-12-9-17(13(2)28(12)16-5-3-15(23)4-6-16)20(30)27-26-19(29)11-25-21(31)18-10-14(22)7-8-24-18/h3-10H,11H2,1-2H3,(H,25,31)(H,26,29)(H,27,30). The highest BCUT2D eigenvalue weighted by Crippen LogP contribution is 2.21. The number of hydrogen-bond donors (Lipinski definition) is 3. The van der Waals surface area contributed by atoms with Crippen LogP contribution in [0.4, 0.5) is 4.39 Å². The fourth-order valence-corrected chi connectivity index (χ4v) is 3.16. The van der Waals surface area contributed by atoms with Crippen LogP contribution in [0.25, 0.3) is 5.69 Å². The summed E-state index contributed by atoms with van der Waals surface area (Å²) in [6, 6.07) is 10.4. The molecule has 0 atom stereocenters. The van der Waals surface area contributed by atoms with Gasteiger partial charge in [-0.05, 0) is 56.3 Å². The van der Waals surface area contributed by atoms with Gasteiger partial charge >= 0.3 is 0 Å². The Morgan fingerprint density at radius 2 is 1.74 bits per heavy atom. The van der Waals surface area contributed by atoms with Gasteiger partial charge in [-0.2, -0.15) is 0 Å². The molecule has 0 fully saturated rings. The summed E-state index contributed by atoms with van der Waals surface area (Å²) in [5.74, 6) is -2.09. The molecular weight excluding hydrogens is 425 g/mol. The third-order valence-corrected chi connectivity index (χ3v) is 4.68. The van der Waals surface area contributed by atoms with E-state index in [-0.39, 0.29) is 18.1 Å². The van der Waals surface area contributed by atoms with E-state index in [9.17, 15) is 18.8 Å². The molecule has 3 N–H and O–H groups in total. The highest BCUT2D eigenvalue weighted by molar-refractivity contribution is 6.30. The minimum absolute atomic E-state index is 0.0672. The lowest BCUT2D eigenvalue weighted by Gasteiger charge is -2.11. The number of carbonyl (C=O) groups is 3. The van der Waals surface area contributed by atoms with Crippen LogP contribution in [-0.4, -0.2) is 33.8 Å². The van der Waals surface area contributed by atoms with E-state index in [2.05, 4.69) is 21.2 Å². The second-order valence-electron chi connectivity index (χ2n) is 6.64. The number of rotatable bonds is 5. The van der Waals surface area contributed by atoms with Crippen LogP contribution in [-0.2, 0) is 4.79 Å². The maximum absolute atomic E-state index is 13.2. The van der Waals surface area contributed by atoms with E-state index in [1.807, 2.05) is 6.92 Å². The molecule has 0 aliphatic carbocycles. The van der Waals surface area contributed by atoms with Crippen molar-refractivity contribution in [3.8, 4) is 5.69 Å². The fourth-order valence-electron chi connectivity index (χ4n) is 3.00. The van der Waals surface area contributed by atoms with Crippen molar-refractivity contribution in [1.29, 1.82) is 0 Å². The predicted octanol–water partition coefficient (Wildman–Crippen LogP) is 2.47. The summed E-state index contributed by atoms with van der Waals surface area (Å²) >= 11 is 5.80. The Morgan fingerprint density at radius 3 is 2.42 bits per heavy atom. The largest absolute Gasteiger partial charge is 0.342 e. The first kappa shape index (κ1) is 22.0. The maximum atomic E-state index is 13.2. The van der Waals surface area contributed by atoms with Crippen molar-refractivity contribution in [3.63, 3.8) is 0 Å². The zero-order chi connectivity index (χ0) is 22.5. The summed E-state index contributed by atoms with van der Waals surface area (Å²) in [5.41, 5.74) is 7.06. The molecule has 3 amide bonds. The van der Waals surface area contributed by atoms with Crippen molar-refractivity contribution in [2.24, 2.45) is 0 Å². The second kappa shape index (κ2) is 9.40. The molecule has 0 saturated carbocycles. The number of carbonyl (C=O) groups excluding carboxylic acids is 3. The lowest BCUT2D eigenvalue weighted by Crippen LogP contribution is -2.46. The second-order valence-corrected chi connectivity index (χ2v) is 7.08. The summed E-state index contributed by atoms with van der Waals surface area (Å²) in [6.07, 6.45) is 1.37. The van der Waals surface area contributed by atoms with Crippen LogP contribution in [0.3, 0.4) is 0 Å². The van der Waals surface area contributed by atoms with Crippen molar-refractivity contribution in [2.75, 3.05) is 6.54 Å². The molecule has 3 rings (SSSR count). The van der Waals surface area contributed by atoms with Crippen molar-refractivity contribution in [1.82, 2.24) is 25.7 Å². The van der Waals surface area contributed by atoms with E-state index in [1.54, 1.807) is 29.7 Å². The first-order chi connectivity index (χ1) is 14.8. The number of halogens is 2. The van der Waals surface area contributed by atoms with Gasteiger partial charge in [-0.25, -0.2) is 4.39 Å². The smallest absolute Gasteiger partial charge is 0.271 e. The molecule has 0 aliphatic rings. The van der Waals surface area contributed by atoms with Gasteiger partial charge in [-0.1, -0.05) is 11.6 Å². The van der Waals surface area contributed by atoms with E-state index >= 15 is 0 Å². The number of nitrogens with one attached hydrogen (secondary N) is 3. The van der Waals surface area contributed by atoms with E-state index < -0.39 is 17.7 Å². The van der Waals surface area contributed by atoms with Crippen LogP contribution >= 0.6 is 11.6 Å².